The van der Waals surface area contributed by atoms with Gasteiger partial charge in [0.05, 0.1) is 5.69 Å². The molecule has 0 radical (unpaired) electrons. The van der Waals surface area contributed by atoms with Crippen LogP contribution in [0.15, 0.2) is 24.5 Å². The lowest BCUT2D eigenvalue weighted by atomic mass is 10.4. The molecule has 2 aromatic heterocycles. The van der Waals surface area contributed by atoms with Crippen LogP contribution in [0.1, 0.15) is 11.5 Å². The molecule has 0 fully saturated rings. The Morgan fingerprint density at radius 1 is 1.53 bits per heavy atom. The summed E-state index contributed by atoms with van der Waals surface area (Å²) in [5.74, 6) is 3.32. The maximum atomic E-state index is 5.80. The third-order valence-electron chi connectivity index (χ3n) is 2.02. The van der Waals surface area contributed by atoms with Gasteiger partial charge in [0, 0.05) is 12.4 Å². The molecule has 15 heavy (non-hydrogen) atoms. The van der Waals surface area contributed by atoms with E-state index in [4.69, 9.17) is 18.0 Å². The van der Waals surface area contributed by atoms with Crippen molar-refractivity contribution in [3.8, 4) is 18.0 Å². The molecule has 2 heterocycles. The molecule has 0 saturated heterocycles. The van der Waals surface area contributed by atoms with Crippen molar-refractivity contribution in [1.29, 1.82) is 0 Å². The Morgan fingerprint density at radius 2 is 2.33 bits per heavy atom. The van der Waals surface area contributed by atoms with Crippen molar-refractivity contribution in [3.05, 3.63) is 41.2 Å². The van der Waals surface area contributed by atoms with Crippen LogP contribution >= 0.6 is 11.6 Å². The van der Waals surface area contributed by atoms with Crippen molar-refractivity contribution in [2.45, 2.75) is 6.92 Å². The van der Waals surface area contributed by atoms with Crippen LogP contribution in [-0.4, -0.2) is 14.5 Å². The Labute approximate surface area is 92.7 Å². The van der Waals surface area contributed by atoms with Crippen molar-refractivity contribution in [2.75, 3.05) is 0 Å². The summed E-state index contributed by atoms with van der Waals surface area (Å²) in [6.07, 6.45) is 8.71. The zero-order chi connectivity index (χ0) is 10.8. The van der Waals surface area contributed by atoms with E-state index in [1.165, 1.54) is 0 Å². The first-order valence-electron chi connectivity index (χ1n) is 4.35. The molecule has 0 N–H and O–H groups in total. The number of hydrogen-bond donors (Lipinski definition) is 0. The molecule has 0 aliphatic rings. The van der Waals surface area contributed by atoms with Crippen molar-refractivity contribution in [2.24, 2.45) is 0 Å². The molecule has 4 heteroatoms. The number of terminal acetylenes is 1. The van der Waals surface area contributed by atoms with E-state index in [1.807, 2.05) is 17.6 Å². The topological polar surface area (TPSA) is 30.7 Å². The van der Waals surface area contributed by atoms with Gasteiger partial charge in [-0.3, -0.25) is 0 Å². The summed E-state index contributed by atoms with van der Waals surface area (Å²) in [6, 6.07) is 3.61. The van der Waals surface area contributed by atoms with Gasteiger partial charge in [0.1, 0.15) is 16.7 Å². The molecule has 0 aliphatic heterocycles. The fourth-order valence-corrected chi connectivity index (χ4v) is 1.51. The van der Waals surface area contributed by atoms with Gasteiger partial charge in [-0.25, -0.2) is 9.97 Å². The number of halogens is 1. The summed E-state index contributed by atoms with van der Waals surface area (Å²) >= 11 is 5.80. The Balaban J connectivity index is 2.54. The van der Waals surface area contributed by atoms with Gasteiger partial charge in [0.25, 0.3) is 0 Å². The van der Waals surface area contributed by atoms with Gasteiger partial charge in [-0.1, -0.05) is 11.6 Å². The second-order valence-corrected chi connectivity index (χ2v) is 3.41. The van der Waals surface area contributed by atoms with Crippen LogP contribution in [0.5, 0.6) is 0 Å². The molecule has 0 spiro atoms. The zero-order valence-corrected chi connectivity index (χ0v) is 8.86. The van der Waals surface area contributed by atoms with Gasteiger partial charge in [-0.15, -0.1) is 6.42 Å². The summed E-state index contributed by atoms with van der Waals surface area (Å²) in [4.78, 5) is 8.11. The second kappa shape index (κ2) is 3.76. The second-order valence-electron chi connectivity index (χ2n) is 3.02. The molecule has 0 atom stereocenters. The van der Waals surface area contributed by atoms with Crippen LogP contribution in [0.25, 0.3) is 5.69 Å². The van der Waals surface area contributed by atoms with Crippen LogP contribution in [0, 0.1) is 19.3 Å². The third kappa shape index (κ3) is 1.85. The molecule has 0 unspecified atom stereocenters. The maximum absolute atomic E-state index is 5.80. The number of aryl methyl sites for hydroxylation is 1. The largest absolute Gasteiger partial charge is 0.302 e. The molecule has 0 bridgehead atoms. The average molecular weight is 218 g/mol. The quantitative estimate of drug-likeness (QED) is 0.542. The van der Waals surface area contributed by atoms with Crippen molar-refractivity contribution < 1.29 is 0 Å². The number of imidazole rings is 1. The first-order valence-corrected chi connectivity index (χ1v) is 4.73. The number of pyridine rings is 1. The molecule has 74 valence electrons. The molecular weight excluding hydrogens is 210 g/mol. The Kier molecular flexibility index (Phi) is 2.44. The minimum absolute atomic E-state index is 0.447. The Bertz CT molecular complexity index is 537. The standard InChI is InChI=1S/C11H8ClN3/c1-3-9-7-15(8(2)14-9)10-4-5-13-11(12)6-10/h1,4-7H,2H3. The summed E-state index contributed by atoms with van der Waals surface area (Å²) in [5, 5.41) is 0.447. The lowest BCUT2D eigenvalue weighted by molar-refractivity contribution is 0.970. The van der Waals surface area contributed by atoms with Gasteiger partial charge in [-0.05, 0) is 25.0 Å². The number of rotatable bonds is 1. The van der Waals surface area contributed by atoms with Crippen molar-refractivity contribution in [3.63, 3.8) is 0 Å². The van der Waals surface area contributed by atoms with Gasteiger partial charge in [0.15, 0.2) is 0 Å². The molecule has 2 aromatic rings. The Hall–Kier alpha value is -1.79. The van der Waals surface area contributed by atoms with E-state index in [9.17, 15) is 0 Å². The molecule has 0 saturated carbocycles. The van der Waals surface area contributed by atoms with E-state index in [-0.39, 0.29) is 0 Å². The lowest BCUT2D eigenvalue weighted by Gasteiger charge is -2.03. The first kappa shape index (κ1) is 9.75. The normalized spacial score (nSPS) is 9.93. The van der Waals surface area contributed by atoms with E-state index < -0.39 is 0 Å². The van der Waals surface area contributed by atoms with Gasteiger partial charge in [0.2, 0.25) is 0 Å². The predicted molar refractivity (Wildman–Crippen MR) is 59.0 cm³/mol. The minimum atomic E-state index is 0.447. The average Bonchev–Trinajstić information content (AvgIpc) is 2.60. The minimum Gasteiger partial charge on any atom is -0.302 e. The monoisotopic (exact) mass is 217 g/mol. The lowest BCUT2D eigenvalue weighted by Crippen LogP contribution is -1.95. The van der Waals surface area contributed by atoms with E-state index >= 15 is 0 Å². The Morgan fingerprint density at radius 3 is 2.93 bits per heavy atom. The molecule has 0 aliphatic carbocycles. The summed E-state index contributed by atoms with van der Waals surface area (Å²) < 4.78 is 1.88. The molecule has 2 rings (SSSR count). The van der Waals surface area contributed by atoms with Crippen molar-refractivity contribution >= 4 is 11.6 Å². The van der Waals surface area contributed by atoms with E-state index in [2.05, 4.69) is 15.9 Å². The predicted octanol–water partition coefficient (Wildman–Crippen LogP) is 2.21. The molecular formula is C11H8ClN3. The highest BCUT2D eigenvalue weighted by atomic mass is 35.5. The van der Waals surface area contributed by atoms with Crippen LogP contribution < -0.4 is 0 Å². The molecule has 0 aromatic carbocycles. The smallest absolute Gasteiger partial charge is 0.131 e. The van der Waals surface area contributed by atoms with Gasteiger partial charge < -0.3 is 4.57 Å². The zero-order valence-electron chi connectivity index (χ0n) is 8.11. The number of aromatic nitrogens is 3. The van der Waals surface area contributed by atoms with E-state index in [0.29, 0.717) is 10.8 Å². The van der Waals surface area contributed by atoms with Crippen LogP contribution in [0.3, 0.4) is 0 Å². The van der Waals surface area contributed by atoms with E-state index in [0.717, 1.165) is 11.5 Å². The molecule has 3 nitrogen and oxygen atoms in total. The number of nitrogens with zero attached hydrogens (tertiary/aromatic N) is 3. The van der Waals surface area contributed by atoms with Gasteiger partial charge >= 0.3 is 0 Å². The highest BCUT2D eigenvalue weighted by molar-refractivity contribution is 6.29. The highest BCUT2D eigenvalue weighted by Crippen LogP contribution is 2.14. The first-order chi connectivity index (χ1) is 7.20. The summed E-state index contributed by atoms with van der Waals surface area (Å²) in [5.41, 5.74) is 1.52. The highest BCUT2D eigenvalue weighted by Gasteiger charge is 2.04. The maximum Gasteiger partial charge on any atom is 0.131 e. The molecule has 0 amide bonds. The fraction of sp³-hybridized carbons (Fsp3) is 0.0909. The van der Waals surface area contributed by atoms with E-state index in [1.54, 1.807) is 18.5 Å². The van der Waals surface area contributed by atoms with Crippen LogP contribution in [-0.2, 0) is 0 Å². The van der Waals surface area contributed by atoms with Crippen LogP contribution in [0.4, 0.5) is 0 Å². The summed E-state index contributed by atoms with van der Waals surface area (Å²) in [6.45, 7) is 1.88. The fourth-order valence-electron chi connectivity index (χ4n) is 1.35. The SMILES string of the molecule is C#Cc1cn(-c2ccnc(Cl)c2)c(C)n1. The summed E-state index contributed by atoms with van der Waals surface area (Å²) in [7, 11) is 0. The number of hydrogen-bond acceptors (Lipinski definition) is 2. The van der Waals surface area contributed by atoms with Gasteiger partial charge in [-0.2, -0.15) is 0 Å². The third-order valence-corrected chi connectivity index (χ3v) is 2.23. The van der Waals surface area contributed by atoms with Crippen LogP contribution in [0.2, 0.25) is 5.15 Å². The van der Waals surface area contributed by atoms with Crippen molar-refractivity contribution in [1.82, 2.24) is 14.5 Å².